The van der Waals surface area contributed by atoms with E-state index in [-0.39, 0.29) is 17.8 Å². The SMILES string of the molecule is CCNC(=O)C(C)Oc1ccc(F)cc1C(C)N. The van der Waals surface area contributed by atoms with E-state index < -0.39 is 6.10 Å². The molecule has 1 aromatic rings. The first-order chi connectivity index (χ1) is 8.45. The van der Waals surface area contributed by atoms with Crippen LogP contribution in [-0.2, 0) is 4.79 Å². The lowest BCUT2D eigenvalue weighted by Crippen LogP contribution is -2.36. The van der Waals surface area contributed by atoms with Crippen LogP contribution in [0.4, 0.5) is 4.39 Å². The van der Waals surface area contributed by atoms with E-state index in [1.807, 2.05) is 6.92 Å². The number of rotatable bonds is 5. The van der Waals surface area contributed by atoms with Crippen molar-refractivity contribution in [3.63, 3.8) is 0 Å². The minimum Gasteiger partial charge on any atom is -0.481 e. The molecule has 3 N–H and O–H groups in total. The number of ether oxygens (including phenoxy) is 1. The Morgan fingerprint density at radius 2 is 2.17 bits per heavy atom. The molecule has 100 valence electrons. The topological polar surface area (TPSA) is 64.3 Å². The van der Waals surface area contributed by atoms with Crippen molar-refractivity contribution in [3.8, 4) is 5.75 Å². The number of carbonyl (C=O) groups excluding carboxylic acids is 1. The van der Waals surface area contributed by atoms with Crippen LogP contribution in [0.15, 0.2) is 18.2 Å². The summed E-state index contributed by atoms with van der Waals surface area (Å²) in [5, 5.41) is 2.66. The van der Waals surface area contributed by atoms with Crippen LogP contribution in [0.25, 0.3) is 0 Å². The average molecular weight is 254 g/mol. The third-order valence-corrected chi connectivity index (χ3v) is 2.49. The van der Waals surface area contributed by atoms with Crippen LogP contribution in [0.2, 0.25) is 0 Å². The van der Waals surface area contributed by atoms with Gasteiger partial charge in [0.1, 0.15) is 11.6 Å². The maximum atomic E-state index is 13.1. The summed E-state index contributed by atoms with van der Waals surface area (Å²) >= 11 is 0. The average Bonchev–Trinajstić information content (AvgIpc) is 2.31. The lowest BCUT2D eigenvalue weighted by atomic mass is 10.1. The summed E-state index contributed by atoms with van der Waals surface area (Å²) in [6.45, 7) is 5.74. The number of nitrogens with one attached hydrogen (secondary N) is 1. The van der Waals surface area contributed by atoms with Gasteiger partial charge in [-0.05, 0) is 39.0 Å². The second kappa shape index (κ2) is 6.35. The second-order valence-corrected chi connectivity index (χ2v) is 4.13. The van der Waals surface area contributed by atoms with Gasteiger partial charge in [-0.2, -0.15) is 0 Å². The van der Waals surface area contributed by atoms with E-state index in [0.717, 1.165) is 0 Å². The summed E-state index contributed by atoms with van der Waals surface area (Å²) in [5.74, 6) is -0.150. The van der Waals surface area contributed by atoms with Crippen molar-refractivity contribution in [2.45, 2.75) is 32.9 Å². The highest BCUT2D eigenvalue weighted by molar-refractivity contribution is 5.80. The molecule has 0 aliphatic rings. The van der Waals surface area contributed by atoms with Gasteiger partial charge in [-0.1, -0.05) is 0 Å². The highest BCUT2D eigenvalue weighted by atomic mass is 19.1. The molecule has 0 aliphatic carbocycles. The Morgan fingerprint density at radius 3 is 2.72 bits per heavy atom. The number of hydrogen-bond donors (Lipinski definition) is 2. The van der Waals surface area contributed by atoms with Crippen LogP contribution in [0.5, 0.6) is 5.75 Å². The van der Waals surface area contributed by atoms with Gasteiger partial charge in [0, 0.05) is 18.2 Å². The number of amides is 1. The maximum Gasteiger partial charge on any atom is 0.260 e. The van der Waals surface area contributed by atoms with Crippen LogP contribution in [-0.4, -0.2) is 18.6 Å². The summed E-state index contributed by atoms with van der Waals surface area (Å²) in [4.78, 5) is 11.6. The fraction of sp³-hybridized carbons (Fsp3) is 0.462. The third-order valence-electron chi connectivity index (χ3n) is 2.49. The highest BCUT2D eigenvalue weighted by Crippen LogP contribution is 2.25. The Labute approximate surface area is 106 Å². The molecule has 0 fully saturated rings. The fourth-order valence-electron chi connectivity index (χ4n) is 1.54. The highest BCUT2D eigenvalue weighted by Gasteiger charge is 2.17. The summed E-state index contributed by atoms with van der Waals surface area (Å²) in [7, 11) is 0. The Hall–Kier alpha value is -1.62. The zero-order valence-electron chi connectivity index (χ0n) is 10.9. The summed E-state index contributed by atoms with van der Waals surface area (Å²) < 4.78 is 18.7. The summed E-state index contributed by atoms with van der Waals surface area (Å²) in [6, 6.07) is 3.73. The molecule has 1 rings (SSSR count). The van der Waals surface area contributed by atoms with Crippen LogP contribution < -0.4 is 15.8 Å². The predicted molar refractivity (Wildman–Crippen MR) is 67.8 cm³/mol. The van der Waals surface area contributed by atoms with E-state index in [2.05, 4.69) is 5.32 Å². The van der Waals surface area contributed by atoms with Crippen molar-refractivity contribution in [2.75, 3.05) is 6.54 Å². The summed E-state index contributed by atoms with van der Waals surface area (Å²) in [5.41, 5.74) is 6.29. The number of nitrogens with two attached hydrogens (primary N) is 1. The van der Waals surface area contributed by atoms with Gasteiger partial charge < -0.3 is 15.8 Å². The van der Waals surface area contributed by atoms with Gasteiger partial charge in [0.2, 0.25) is 0 Å². The van der Waals surface area contributed by atoms with E-state index >= 15 is 0 Å². The Balaban J connectivity index is 2.87. The van der Waals surface area contributed by atoms with Gasteiger partial charge in [0.05, 0.1) is 0 Å². The molecule has 0 bridgehead atoms. The van der Waals surface area contributed by atoms with Crippen molar-refractivity contribution < 1.29 is 13.9 Å². The number of likely N-dealkylation sites (N-methyl/N-ethyl adjacent to an activating group) is 1. The van der Waals surface area contributed by atoms with Crippen LogP contribution in [0.3, 0.4) is 0 Å². The summed E-state index contributed by atoms with van der Waals surface area (Å²) in [6.07, 6.45) is -0.645. The van der Waals surface area contributed by atoms with Crippen molar-refractivity contribution >= 4 is 5.91 Å². The predicted octanol–water partition coefficient (Wildman–Crippen LogP) is 1.75. The van der Waals surface area contributed by atoms with Gasteiger partial charge >= 0.3 is 0 Å². The largest absolute Gasteiger partial charge is 0.481 e. The molecule has 0 saturated heterocycles. The lowest BCUT2D eigenvalue weighted by molar-refractivity contribution is -0.127. The zero-order chi connectivity index (χ0) is 13.7. The first-order valence-electron chi connectivity index (χ1n) is 5.95. The van der Waals surface area contributed by atoms with Gasteiger partial charge in [0.25, 0.3) is 5.91 Å². The molecule has 0 heterocycles. The van der Waals surface area contributed by atoms with E-state index in [9.17, 15) is 9.18 Å². The van der Waals surface area contributed by atoms with Crippen molar-refractivity contribution in [3.05, 3.63) is 29.6 Å². The fourth-order valence-corrected chi connectivity index (χ4v) is 1.54. The molecule has 0 spiro atoms. The number of hydrogen-bond acceptors (Lipinski definition) is 3. The number of carbonyl (C=O) groups is 1. The third kappa shape index (κ3) is 3.70. The van der Waals surface area contributed by atoms with Gasteiger partial charge in [-0.25, -0.2) is 4.39 Å². The first-order valence-corrected chi connectivity index (χ1v) is 5.95. The second-order valence-electron chi connectivity index (χ2n) is 4.13. The number of halogens is 1. The Bertz CT molecular complexity index is 421. The number of benzene rings is 1. The maximum absolute atomic E-state index is 13.1. The normalized spacial score (nSPS) is 13.8. The quantitative estimate of drug-likeness (QED) is 0.841. The molecule has 0 aliphatic heterocycles. The molecule has 1 amide bonds. The first kappa shape index (κ1) is 14.4. The van der Waals surface area contributed by atoms with Crippen LogP contribution >= 0.6 is 0 Å². The Morgan fingerprint density at radius 1 is 1.50 bits per heavy atom. The molecule has 2 atom stereocenters. The zero-order valence-corrected chi connectivity index (χ0v) is 10.9. The molecule has 1 aromatic carbocycles. The molecule has 4 nitrogen and oxygen atoms in total. The Kier molecular flexibility index (Phi) is 5.09. The van der Waals surface area contributed by atoms with Crippen molar-refractivity contribution in [2.24, 2.45) is 5.73 Å². The van der Waals surface area contributed by atoms with E-state index in [0.29, 0.717) is 17.9 Å². The standard InChI is InChI=1S/C13H19FN2O2/c1-4-16-13(17)9(3)18-12-6-5-10(14)7-11(12)8(2)15/h5-9H,4,15H2,1-3H3,(H,16,17). The van der Waals surface area contributed by atoms with E-state index in [1.165, 1.54) is 18.2 Å². The van der Waals surface area contributed by atoms with Crippen molar-refractivity contribution in [1.29, 1.82) is 0 Å². The molecule has 18 heavy (non-hydrogen) atoms. The van der Waals surface area contributed by atoms with Gasteiger partial charge in [0.15, 0.2) is 6.10 Å². The lowest BCUT2D eigenvalue weighted by Gasteiger charge is -2.18. The molecular formula is C13H19FN2O2. The molecule has 5 heteroatoms. The van der Waals surface area contributed by atoms with E-state index in [4.69, 9.17) is 10.5 Å². The van der Waals surface area contributed by atoms with Gasteiger partial charge in [-0.15, -0.1) is 0 Å². The molecular weight excluding hydrogens is 235 g/mol. The monoisotopic (exact) mass is 254 g/mol. The van der Waals surface area contributed by atoms with Crippen molar-refractivity contribution in [1.82, 2.24) is 5.32 Å². The minimum absolute atomic E-state index is 0.211. The van der Waals surface area contributed by atoms with Crippen LogP contribution in [0.1, 0.15) is 32.4 Å². The molecule has 0 radical (unpaired) electrons. The smallest absolute Gasteiger partial charge is 0.260 e. The molecule has 0 aromatic heterocycles. The van der Waals surface area contributed by atoms with Gasteiger partial charge in [-0.3, -0.25) is 4.79 Å². The van der Waals surface area contributed by atoms with E-state index in [1.54, 1.807) is 13.8 Å². The minimum atomic E-state index is -0.645. The molecule has 2 unspecified atom stereocenters. The molecule has 0 saturated carbocycles. The van der Waals surface area contributed by atoms with Crippen LogP contribution in [0, 0.1) is 5.82 Å².